The van der Waals surface area contributed by atoms with Crippen molar-refractivity contribution in [2.45, 2.75) is 6.18 Å². The summed E-state index contributed by atoms with van der Waals surface area (Å²) < 4.78 is 60.0. The van der Waals surface area contributed by atoms with E-state index < -0.39 is 17.9 Å². The van der Waals surface area contributed by atoms with E-state index in [9.17, 15) is 17.6 Å². The molecule has 3 aromatic rings. The molecule has 23 heavy (non-hydrogen) atoms. The molecule has 0 saturated heterocycles. The molecule has 1 radical (unpaired) electrons. The molecule has 0 unspecified atom stereocenters. The van der Waals surface area contributed by atoms with Crippen LogP contribution in [0.25, 0.3) is 11.4 Å². The molecule has 0 aliphatic carbocycles. The van der Waals surface area contributed by atoms with Gasteiger partial charge in [0.25, 0.3) is 0 Å². The van der Waals surface area contributed by atoms with Crippen molar-refractivity contribution in [3.05, 3.63) is 60.2 Å². The highest BCUT2D eigenvalue weighted by Crippen LogP contribution is 2.30. The molecule has 0 fully saturated rings. The Labute approximate surface area is 127 Å². The molecular weight excluding hydrogens is 316 g/mol. The van der Waals surface area contributed by atoms with Crippen molar-refractivity contribution in [1.82, 2.24) is 10.1 Å². The van der Waals surface area contributed by atoms with Gasteiger partial charge in [-0.3, -0.25) is 0 Å². The Balaban J connectivity index is 1.86. The molecule has 0 N–H and O–H groups in total. The lowest BCUT2D eigenvalue weighted by Gasteiger charge is -2.06. The van der Waals surface area contributed by atoms with E-state index in [4.69, 9.17) is 4.74 Å². The first-order valence-corrected chi connectivity index (χ1v) is 6.28. The Bertz CT molecular complexity index is 830. The van der Waals surface area contributed by atoms with E-state index in [0.717, 1.165) is 6.07 Å². The van der Waals surface area contributed by atoms with Crippen LogP contribution in [0.2, 0.25) is 0 Å². The van der Waals surface area contributed by atoms with Gasteiger partial charge in [0.1, 0.15) is 17.3 Å². The Morgan fingerprint density at radius 1 is 1.13 bits per heavy atom. The van der Waals surface area contributed by atoms with Gasteiger partial charge in [-0.25, -0.2) is 4.39 Å². The van der Waals surface area contributed by atoms with Gasteiger partial charge >= 0.3 is 12.1 Å². The summed E-state index contributed by atoms with van der Waals surface area (Å²) in [5.74, 6) is -1.76. The third-order valence-corrected chi connectivity index (χ3v) is 2.73. The first kappa shape index (κ1) is 15.0. The van der Waals surface area contributed by atoms with Crippen LogP contribution in [0.15, 0.2) is 47.0 Å². The van der Waals surface area contributed by atoms with Crippen molar-refractivity contribution >= 4 is 0 Å². The normalized spacial score (nSPS) is 11.5. The van der Waals surface area contributed by atoms with Crippen LogP contribution in [-0.4, -0.2) is 10.1 Å². The number of aromatic nitrogens is 2. The zero-order valence-electron chi connectivity index (χ0n) is 11.3. The fourth-order valence-corrected chi connectivity index (χ4v) is 1.76. The summed E-state index contributed by atoms with van der Waals surface area (Å²) in [7, 11) is 0. The summed E-state index contributed by atoms with van der Waals surface area (Å²) >= 11 is 0. The number of nitrogens with zero attached hydrogens (tertiary/aromatic N) is 2. The van der Waals surface area contributed by atoms with E-state index in [1.165, 1.54) is 36.4 Å². The molecule has 0 amide bonds. The van der Waals surface area contributed by atoms with E-state index in [1.54, 1.807) is 0 Å². The van der Waals surface area contributed by atoms with E-state index in [-0.39, 0.29) is 22.9 Å². The van der Waals surface area contributed by atoms with Crippen molar-refractivity contribution in [3.8, 4) is 22.9 Å². The zero-order chi connectivity index (χ0) is 16.4. The van der Waals surface area contributed by atoms with Crippen LogP contribution in [0.3, 0.4) is 0 Å². The molecule has 3 rings (SSSR count). The van der Waals surface area contributed by atoms with Gasteiger partial charge in [-0.15, -0.1) is 0 Å². The van der Waals surface area contributed by atoms with Gasteiger partial charge in [0, 0.05) is 17.7 Å². The van der Waals surface area contributed by atoms with Gasteiger partial charge in [-0.2, -0.15) is 18.2 Å². The predicted molar refractivity (Wildman–Crippen MR) is 70.0 cm³/mol. The van der Waals surface area contributed by atoms with Crippen molar-refractivity contribution in [2.24, 2.45) is 0 Å². The highest BCUT2D eigenvalue weighted by atomic mass is 19.4. The second kappa shape index (κ2) is 5.71. The molecular formula is C15H7F4N2O2. The van der Waals surface area contributed by atoms with Gasteiger partial charge < -0.3 is 9.26 Å². The Kier molecular flexibility index (Phi) is 3.73. The standard InChI is InChI=1S/C15H7F4N2O2/c16-10-4-2-6-12(8-10)22-11-5-1-3-9(7-11)13-20-14(23-21-13)15(17,18)19/h1-4,6-8H. The fourth-order valence-electron chi connectivity index (χ4n) is 1.76. The van der Waals surface area contributed by atoms with Crippen LogP contribution in [0.5, 0.6) is 11.5 Å². The minimum atomic E-state index is -4.72. The molecule has 0 saturated carbocycles. The second-order valence-corrected chi connectivity index (χ2v) is 4.42. The average molecular weight is 323 g/mol. The maximum atomic E-state index is 13.1. The minimum Gasteiger partial charge on any atom is -0.457 e. The number of hydrogen-bond donors (Lipinski definition) is 0. The molecule has 1 aromatic heterocycles. The van der Waals surface area contributed by atoms with Crippen LogP contribution in [0.4, 0.5) is 17.6 Å². The second-order valence-electron chi connectivity index (χ2n) is 4.42. The van der Waals surface area contributed by atoms with Crippen molar-refractivity contribution < 1.29 is 26.8 Å². The molecule has 8 heteroatoms. The maximum absolute atomic E-state index is 13.1. The van der Waals surface area contributed by atoms with Gasteiger partial charge in [0.05, 0.1) is 0 Å². The van der Waals surface area contributed by atoms with Gasteiger partial charge in [0.2, 0.25) is 5.82 Å². The lowest BCUT2D eigenvalue weighted by Crippen LogP contribution is -2.04. The van der Waals surface area contributed by atoms with Gasteiger partial charge in [-0.1, -0.05) is 17.3 Å². The number of ether oxygens (including phenoxy) is 1. The fraction of sp³-hybridized carbons (Fsp3) is 0.0667. The Morgan fingerprint density at radius 3 is 2.65 bits per heavy atom. The summed E-state index contributed by atoms with van der Waals surface area (Å²) in [5.41, 5.74) is 0.245. The van der Waals surface area contributed by atoms with Gasteiger partial charge in [0.15, 0.2) is 0 Å². The lowest BCUT2D eigenvalue weighted by atomic mass is 10.2. The summed E-state index contributed by atoms with van der Waals surface area (Å²) in [5, 5.41) is 3.28. The first-order chi connectivity index (χ1) is 10.9. The third kappa shape index (κ3) is 3.47. The third-order valence-electron chi connectivity index (χ3n) is 2.73. The first-order valence-electron chi connectivity index (χ1n) is 6.28. The quantitative estimate of drug-likeness (QED) is 0.667. The average Bonchev–Trinajstić information content (AvgIpc) is 2.97. The predicted octanol–water partition coefficient (Wildman–Crippen LogP) is 4.49. The van der Waals surface area contributed by atoms with Crippen LogP contribution >= 0.6 is 0 Å². The molecule has 117 valence electrons. The molecule has 0 bridgehead atoms. The molecule has 2 aromatic carbocycles. The van der Waals surface area contributed by atoms with Crippen molar-refractivity contribution in [2.75, 3.05) is 0 Å². The Morgan fingerprint density at radius 2 is 1.96 bits per heavy atom. The molecule has 1 heterocycles. The number of rotatable bonds is 3. The molecule has 0 atom stereocenters. The van der Waals surface area contributed by atoms with Crippen LogP contribution in [0.1, 0.15) is 5.89 Å². The molecule has 4 nitrogen and oxygen atoms in total. The van der Waals surface area contributed by atoms with Crippen LogP contribution in [0, 0.1) is 11.9 Å². The number of halogens is 4. The Hall–Kier alpha value is -2.90. The van der Waals surface area contributed by atoms with Crippen molar-refractivity contribution in [1.29, 1.82) is 0 Å². The minimum absolute atomic E-state index is 0.173. The van der Waals surface area contributed by atoms with Crippen LogP contribution < -0.4 is 4.74 Å². The number of hydrogen-bond acceptors (Lipinski definition) is 4. The van der Waals surface area contributed by atoms with E-state index in [2.05, 4.69) is 20.7 Å². The summed E-state index contributed by atoms with van der Waals surface area (Å²) in [6, 6.07) is 12.4. The highest BCUT2D eigenvalue weighted by molar-refractivity contribution is 5.57. The van der Waals surface area contributed by atoms with E-state index in [1.807, 2.05) is 0 Å². The summed E-state index contributed by atoms with van der Waals surface area (Å²) in [6.45, 7) is 0. The van der Waals surface area contributed by atoms with Gasteiger partial charge in [-0.05, 0) is 24.3 Å². The topological polar surface area (TPSA) is 48.2 Å². The molecule has 0 aliphatic rings. The van der Waals surface area contributed by atoms with E-state index >= 15 is 0 Å². The zero-order valence-corrected chi connectivity index (χ0v) is 11.3. The monoisotopic (exact) mass is 323 g/mol. The smallest absolute Gasteiger partial charge is 0.457 e. The summed E-state index contributed by atoms with van der Waals surface area (Å²) in [4.78, 5) is 3.28. The number of alkyl halides is 3. The number of benzene rings is 2. The van der Waals surface area contributed by atoms with Crippen LogP contribution in [-0.2, 0) is 6.18 Å². The highest BCUT2D eigenvalue weighted by Gasteiger charge is 2.38. The van der Waals surface area contributed by atoms with Crippen molar-refractivity contribution in [3.63, 3.8) is 0 Å². The molecule has 0 aliphatic heterocycles. The lowest BCUT2D eigenvalue weighted by molar-refractivity contribution is -0.159. The SMILES string of the molecule is Fc1cccc(Oc2[c]ccc(-c3noc(C(F)(F)F)n3)c2)c1. The maximum Gasteiger partial charge on any atom is 0.471 e. The molecule has 0 spiro atoms. The largest absolute Gasteiger partial charge is 0.471 e. The summed E-state index contributed by atoms with van der Waals surface area (Å²) in [6.07, 6.45) is -4.72. The van der Waals surface area contributed by atoms with E-state index in [0.29, 0.717) is 0 Å².